The van der Waals surface area contributed by atoms with Gasteiger partial charge in [0.25, 0.3) is 0 Å². The molecular weight excluding hydrogens is 356 g/mol. The average molecular weight is 385 g/mol. The van der Waals surface area contributed by atoms with Gasteiger partial charge >= 0.3 is 6.03 Å². The molecule has 1 fully saturated rings. The first kappa shape index (κ1) is 18.5. The lowest BCUT2D eigenvalue weighted by molar-refractivity contribution is 0.134. The number of carbonyl (C=O) groups excluding carboxylic acids is 1. The van der Waals surface area contributed by atoms with Crippen molar-refractivity contribution in [2.45, 2.75) is 19.5 Å². The second-order valence-electron chi connectivity index (χ2n) is 7.38. The molecule has 1 aromatic heterocycles. The predicted octanol–water partition coefficient (Wildman–Crippen LogP) is 2.63. The summed E-state index contributed by atoms with van der Waals surface area (Å²) < 4.78 is 0. The Labute approximate surface area is 165 Å². The van der Waals surface area contributed by atoms with E-state index in [2.05, 4.69) is 56.9 Å². The Morgan fingerprint density at radius 3 is 2.63 bits per heavy atom. The summed E-state index contributed by atoms with van der Waals surface area (Å²) in [5, 5.41) is 5.30. The normalized spacial score (nSPS) is 18.3. The topological polar surface area (TPSA) is 38.8 Å². The number of benzene rings is 1. The van der Waals surface area contributed by atoms with E-state index >= 15 is 0 Å². The van der Waals surface area contributed by atoms with Gasteiger partial charge in [0.1, 0.15) is 0 Å². The Kier molecular flexibility index (Phi) is 6.07. The fourth-order valence-corrected chi connectivity index (χ4v) is 4.77. The molecule has 0 spiro atoms. The molecule has 1 saturated heterocycles. The maximum absolute atomic E-state index is 12.4. The second kappa shape index (κ2) is 8.87. The van der Waals surface area contributed by atoms with Gasteiger partial charge in [0.2, 0.25) is 0 Å². The Hall–Kier alpha value is -1.89. The molecule has 0 atom stereocenters. The third-order valence-electron chi connectivity index (χ3n) is 5.50. The Bertz CT molecular complexity index is 740. The highest BCUT2D eigenvalue weighted by Crippen LogP contribution is 2.23. The van der Waals surface area contributed by atoms with E-state index in [4.69, 9.17) is 0 Å². The van der Waals surface area contributed by atoms with Crippen molar-refractivity contribution in [3.63, 3.8) is 0 Å². The number of hydrogen-bond acceptors (Lipinski definition) is 4. The number of amides is 2. The fraction of sp³-hybridized carbons (Fsp3) is 0.476. The van der Waals surface area contributed by atoms with Crippen molar-refractivity contribution in [1.29, 1.82) is 0 Å². The molecule has 1 aromatic carbocycles. The number of nitrogens with one attached hydrogen (secondary N) is 1. The molecule has 2 aliphatic rings. The number of rotatable bonds is 5. The van der Waals surface area contributed by atoms with Crippen LogP contribution >= 0.6 is 11.3 Å². The number of carbonyl (C=O) groups is 1. The van der Waals surface area contributed by atoms with Crippen molar-refractivity contribution in [3.8, 4) is 0 Å². The zero-order valence-electron chi connectivity index (χ0n) is 15.8. The van der Waals surface area contributed by atoms with Gasteiger partial charge in [0.05, 0.1) is 0 Å². The van der Waals surface area contributed by atoms with Gasteiger partial charge in [0, 0.05) is 63.8 Å². The van der Waals surface area contributed by atoms with Crippen molar-refractivity contribution >= 4 is 17.4 Å². The summed E-state index contributed by atoms with van der Waals surface area (Å²) in [5.74, 6) is 0. The van der Waals surface area contributed by atoms with Gasteiger partial charge in [-0.25, -0.2) is 4.79 Å². The minimum atomic E-state index is 0.0857. The number of hydrogen-bond donors (Lipinski definition) is 1. The van der Waals surface area contributed by atoms with Crippen LogP contribution in [0.1, 0.15) is 16.0 Å². The summed E-state index contributed by atoms with van der Waals surface area (Å²) in [6.07, 6.45) is 1.14. The van der Waals surface area contributed by atoms with Crippen LogP contribution in [0.5, 0.6) is 0 Å². The van der Waals surface area contributed by atoms with Crippen LogP contribution in [0.2, 0.25) is 0 Å². The van der Waals surface area contributed by atoms with Gasteiger partial charge in [-0.1, -0.05) is 30.3 Å². The minimum Gasteiger partial charge on any atom is -0.337 e. The third kappa shape index (κ3) is 4.89. The summed E-state index contributed by atoms with van der Waals surface area (Å²) in [6, 6.07) is 12.9. The lowest BCUT2D eigenvalue weighted by atomic mass is 10.1. The van der Waals surface area contributed by atoms with Gasteiger partial charge in [-0.3, -0.25) is 9.80 Å². The lowest BCUT2D eigenvalue weighted by Crippen LogP contribution is -2.52. The summed E-state index contributed by atoms with van der Waals surface area (Å²) >= 11 is 1.87. The number of fused-ring (bicyclic) bond motifs is 1. The fourth-order valence-electron chi connectivity index (χ4n) is 3.88. The highest BCUT2D eigenvalue weighted by Gasteiger charge is 2.21. The number of piperazine rings is 1. The molecule has 4 rings (SSSR count). The number of thiophene rings is 1. The first-order valence-electron chi connectivity index (χ1n) is 9.84. The highest BCUT2D eigenvalue weighted by molar-refractivity contribution is 7.10. The Morgan fingerprint density at radius 2 is 1.81 bits per heavy atom. The van der Waals surface area contributed by atoms with E-state index in [-0.39, 0.29) is 6.03 Å². The summed E-state index contributed by atoms with van der Waals surface area (Å²) in [5.41, 5.74) is 2.80. The molecule has 0 unspecified atom stereocenters. The van der Waals surface area contributed by atoms with E-state index in [1.54, 1.807) is 0 Å². The van der Waals surface area contributed by atoms with E-state index in [0.717, 1.165) is 65.3 Å². The maximum atomic E-state index is 12.4. The van der Waals surface area contributed by atoms with Crippen LogP contribution < -0.4 is 5.32 Å². The van der Waals surface area contributed by atoms with E-state index < -0.39 is 0 Å². The van der Waals surface area contributed by atoms with Gasteiger partial charge in [-0.05, 0) is 29.0 Å². The largest absolute Gasteiger partial charge is 0.337 e. The van der Waals surface area contributed by atoms with Crippen LogP contribution in [0, 0.1) is 0 Å². The molecule has 2 aliphatic heterocycles. The lowest BCUT2D eigenvalue weighted by Gasteiger charge is -2.35. The molecule has 0 radical (unpaired) electrons. The molecule has 3 heterocycles. The van der Waals surface area contributed by atoms with Crippen molar-refractivity contribution < 1.29 is 4.79 Å². The van der Waals surface area contributed by atoms with Gasteiger partial charge in [-0.15, -0.1) is 11.3 Å². The Morgan fingerprint density at radius 1 is 1.00 bits per heavy atom. The van der Waals surface area contributed by atoms with Gasteiger partial charge < -0.3 is 10.2 Å². The highest BCUT2D eigenvalue weighted by atomic mass is 32.1. The molecular formula is C21H28N4OS. The van der Waals surface area contributed by atoms with Crippen LogP contribution in [-0.2, 0) is 19.5 Å². The molecule has 0 bridgehead atoms. The van der Waals surface area contributed by atoms with Crippen molar-refractivity contribution in [1.82, 2.24) is 20.0 Å². The first-order valence-corrected chi connectivity index (χ1v) is 10.7. The Balaban J connectivity index is 1.15. The quantitative estimate of drug-likeness (QED) is 0.861. The standard InChI is InChI=1S/C21H28N4OS/c26-21(22-8-10-23-9-6-20-19(17-23)7-15-27-20)25-13-11-24(12-14-25)16-18-4-2-1-3-5-18/h1-5,7,15H,6,8-14,16-17H2,(H,22,26). The smallest absolute Gasteiger partial charge is 0.317 e. The predicted molar refractivity (Wildman–Crippen MR) is 110 cm³/mol. The van der Waals surface area contributed by atoms with Gasteiger partial charge in [0.15, 0.2) is 0 Å². The molecule has 144 valence electrons. The van der Waals surface area contributed by atoms with Crippen LogP contribution in [0.3, 0.4) is 0 Å². The minimum absolute atomic E-state index is 0.0857. The number of urea groups is 1. The molecule has 5 nitrogen and oxygen atoms in total. The van der Waals surface area contributed by atoms with Gasteiger partial charge in [-0.2, -0.15) is 0 Å². The molecule has 2 aromatic rings. The average Bonchev–Trinajstić information content (AvgIpc) is 3.17. The summed E-state index contributed by atoms with van der Waals surface area (Å²) in [6.45, 7) is 8.23. The summed E-state index contributed by atoms with van der Waals surface area (Å²) in [4.78, 5) is 20.8. The number of nitrogens with zero attached hydrogens (tertiary/aromatic N) is 3. The SMILES string of the molecule is O=C(NCCN1CCc2sccc2C1)N1CCN(Cc2ccccc2)CC1. The van der Waals surface area contributed by atoms with Crippen LogP contribution in [0.4, 0.5) is 4.79 Å². The van der Waals surface area contributed by atoms with E-state index in [0.29, 0.717) is 0 Å². The third-order valence-corrected chi connectivity index (χ3v) is 6.52. The zero-order valence-corrected chi connectivity index (χ0v) is 16.6. The van der Waals surface area contributed by atoms with Crippen molar-refractivity contribution in [3.05, 3.63) is 57.8 Å². The molecule has 0 saturated carbocycles. The van der Waals surface area contributed by atoms with Crippen LogP contribution in [0.25, 0.3) is 0 Å². The van der Waals surface area contributed by atoms with E-state index in [1.807, 2.05) is 16.2 Å². The maximum Gasteiger partial charge on any atom is 0.317 e. The molecule has 0 aliphatic carbocycles. The molecule has 6 heteroatoms. The molecule has 27 heavy (non-hydrogen) atoms. The van der Waals surface area contributed by atoms with Crippen LogP contribution in [0.15, 0.2) is 41.8 Å². The van der Waals surface area contributed by atoms with E-state index in [1.165, 1.54) is 16.0 Å². The molecule has 2 amide bonds. The monoisotopic (exact) mass is 384 g/mol. The van der Waals surface area contributed by atoms with E-state index in [9.17, 15) is 4.79 Å². The zero-order chi connectivity index (χ0) is 18.5. The molecule has 1 N–H and O–H groups in total. The summed E-state index contributed by atoms with van der Waals surface area (Å²) in [7, 11) is 0. The van der Waals surface area contributed by atoms with Crippen molar-refractivity contribution in [2.24, 2.45) is 0 Å². The van der Waals surface area contributed by atoms with Crippen molar-refractivity contribution in [2.75, 3.05) is 45.8 Å². The van der Waals surface area contributed by atoms with Crippen LogP contribution in [-0.4, -0.2) is 66.5 Å². The first-order chi connectivity index (χ1) is 13.3. The second-order valence-corrected chi connectivity index (χ2v) is 8.38.